The molecule has 1 aromatic heterocycles. The summed E-state index contributed by atoms with van der Waals surface area (Å²) >= 11 is 1.48. The summed E-state index contributed by atoms with van der Waals surface area (Å²) in [6, 6.07) is 5.33. The number of Topliss-reactive ketones (excluding diaryl/α,β-unsaturated/α-hetero) is 1. The number of nitrogens with zero attached hydrogens (tertiary/aromatic N) is 1. The number of nitro groups is 1. The minimum Gasteiger partial charge on any atom is -0.496 e. The van der Waals surface area contributed by atoms with Gasteiger partial charge in [-0.15, -0.1) is 11.3 Å². The zero-order chi connectivity index (χ0) is 17.9. The van der Waals surface area contributed by atoms with Crippen molar-refractivity contribution >= 4 is 28.8 Å². The van der Waals surface area contributed by atoms with Crippen LogP contribution in [0.5, 0.6) is 5.75 Å². The molecular weight excluding hydrogens is 334 g/mol. The second-order valence-electron chi connectivity index (χ2n) is 4.97. The molecule has 2 aromatic rings. The molecule has 0 bridgehead atoms. The first-order valence-corrected chi connectivity index (χ1v) is 7.75. The van der Waals surface area contributed by atoms with Crippen molar-refractivity contribution in [3.63, 3.8) is 0 Å². The van der Waals surface area contributed by atoms with E-state index in [0.717, 1.165) is 15.8 Å². The average Bonchev–Trinajstić information content (AvgIpc) is 2.90. The molecule has 0 aliphatic carbocycles. The van der Waals surface area contributed by atoms with Crippen molar-refractivity contribution in [2.75, 3.05) is 13.7 Å². The summed E-state index contributed by atoms with van der Waals surface area (Å²) in [5, 5.41) is 10.8. The molecule has 2 rings (SSSR count). The Hall–Kier alpha value is -2.74. The third-order valence-corrected chi connectivity index (χ3v) is 4.26. The Morgan fingerprint density at radius 2 is 1.92 bits per heavy atom. The summed E-state index contributed by atoms with van der Waals surface area (Å²) in [5.41, 5.74) is 0.146. The molecule has 0 unspecified atom stereocenters. The van der Waals surface area contributed by atoms with E-state index in [-0.39, 0.29) is 22.8 Å². The number of aryl methyl sites for hydroxylation is 2. The topological polar surface area (TPSA) is 95.7 Å². The first kappa shape index (κ1) is 17.6. The number of ether oxygens (including phenoxy) is 2. The van der Waals surface area contributed by atoms with Crippen LogP contribution in [0, 0.1) is 24.0 Å². The van der Waals surface area contributed by atoms with Gasteiger partial charge in [0.2, 0.25) is 5.78 Å². The number of ketones is 1. The fraction of sp³-hybridized carbons (Fsp3) is 0.250. The summed E-state index contributed by atoms with van der Waals surface area (Å²) in [6.07, 6.45) is 0. The molecule has 8 heteroatoms. The zero-order valence-corrected chi connectivity index (χ0v) is 14.1. The van der Waals surface area contributed by atoms with Gasteiger partial charge in [0, 0.05) is 27.5 Å². The van der Waals surface area contributed by atoms with Gasteiger partial charge in [0.1, 0.15) is 11.3 Å². The third-order valence-electron chi connectivity index (χ3n) is 3.29. The van der Waals surface area contributed by atoms with Crippen molar-refractivity contribution in [2.24, 2.45) is 0 Å². The van der Waals surface area contributed by atoms with Gasteiger partial charge in [0.05, 0.1) is 12.0 Å². The fourth-order valence-electron chi connectivity index (χ4n) is 2.16. The van der Waals surface area contributed by atoms with E-state index in [9.17, 15) is 19.7 Å². The smallest absolute Gasteiger partial charge is 0.342 e. The number of thiophene rings is 1. The summed E-state index contributed by atoms with van der Waals surface area (Å²) < 4.78 is 10.0. The van der Waals surface area contributed by atoms with Crippen LogP contribution in [0.1, 0.15) is 30.5 Å². The predicted molar refractivity (Wildman–Crippen MR) is 88.1 cm³/mol. The lowest BCUT2D eigenvalue weighted by molar-refractivity contribution is -0.384. The van der Waals surface area contributed by atoms with E-state index >= 15 is 0 Å². The normalized spacial score (nSPS) is 10.3. The second kappa shape index (κ2) is 7.22. The summed E-state index contributed by atoms with van der Waals surface area (Å²) in [6.45, 7) is 3.26. The molecule has 0 N–H and O–H groups in total. The molecule has 24 heavy (non-hydrogen) atoms. The Morgan fingerprint density at radius 3 is 2.46 bits per heavy atom. The second-order valence-corrected chi connectivity index (χ2v) is 6.43. The van der Waals surface area contributed by atoms with Crippen LogP contribution in [0.4, 0.5) is 5.69 Å². The van der Waals surface area contributed by atoms with Crippen LogP contribution in [0.2, 0.25) is 0 Å². The monoisotopic (exact) mass is 349 g/mol. The minimum atomic E-state index is -0.853. The number of benzene rings is 1. The number of methoxy groups -OCH3 is 1. The molecule has 0 saturated heterocycles. The zero-order valence-electron chi connectivity index (χ0n) is 13.3. The Morgan fingerprint density at radius 1 is 1.21 bits per heavy atom. The van der Waals surface area contributed by atoms with E-state index in [1.165, 1.54) is 30.6 Å². The summed E-state index contributed by atoms with van der Waals surface area (Å²) in [4.78, 5) is 36.3. The Kier molecular flexibility index (Phi) is 5.30. The summed E-state index contributed by atoms with van der Waals surface area (Å²) in [7, 11) is 1.33. The maximum Gasteiger partial charge on any atom is 0.342 e. The highest BCUT2D eigenvalue weighted by Crippen LogP contribution is 2.25. The molecular formula is C16H15NO6S. The Bertz CT molecular complexity index is 811. The SMILES string of the molecule is COc1ccc([N+](=O)[O-])cc1C(=O)OCC(=O)c1cc(C)sc1C. The molecule has 0 aliphatic rings. The van der Waals surface area contributed by atoms with Gasteiger partial charge in [-0.05, 0) is 26.0 Å². The molecule has 0 fully saturated rings. The Balaban J connectivity index is 2.15. The third kappa shape index (κ3) is 3.77. The van der Waals surface area contributed by atoms with Crippen molar-refractivity contribution < 1.29 is 24.0 Å². The average molecular weight is 349 g/mol. The standard InChI is InChI=1S/C16H15NO6S/c1-9-6-12(10(2)24-9)14(18)8-23-16(19)13-7-11(17(20)21)4-5-15(13)22-3/h4-7H,8H2,1-3H3. The molecule has 0 spiro atoms. The molecule has 0 atom stereocenters. The van der Waals surface area contributed by atoms with E-state index < -0.39 is 17.5 Å². The number of rotatable bonds is 6. The summed E-state index contributed by atoms with van der Waals surface area (Å²) in [5.74, 6) is -1.04. The highest BCUT2D eigenvalue weighted by Gasteiger charge is 2.20. The van der Waals surface area contributed by atoms with Gasteiger partial charge in [-0.1, -0.05) is 0 Å². The number of non-ortho nitro benzene ring substituents is 1. The van der Waals surface area contributed by atoms with E-state index in [1.807, 2.05) is 13.8 Å². The van der Waals surface area contributed by atoms with Crippen molar-refractivity contribution in [3.05, 3.63) is 55.3 Å². The van der Waals surface area contributed by atoms with Crippen LogP contribution in [0.3, 0.4) is 0 Å². The first-order chi connectivity index (χ1) is 11.3. The fourth-order valence-corrected chi connectivity index (χ4v) is 3.11. The highest BCUT2D eigenvalue weighted by molar-refractivity contribution is 7.12. The minimum absolute atomic E-state index is 0.0993. The first-order valence-electron chi connectivity index (χ1n) is 6.93. The van der Waals surface area contributed by atoms with Crippen molar-refractivity contribution in [3.8, 4) is 5.75 Å². The molecule has 0 radical (unpaired) electrons. The largest absolute Gasteiger partial charge is 0.496 e. The molecule has 1 aromatic carbocycles. The molecule has 7 nitrogen and oxygen atoms in total. The van der Waals surface area contributed by atoms with E-state index in [1.54, 1.807) is 6.07 Å². The van der Waals surface area contributed by atoms with Gasteiger partial charge in [-0.3, -0.25) is 14.9 Å². The number of carbonyl (C=O) groups excluding carboxylic acids is 2. The highest BCUT2D eigenvalue weighted by atomic mass is 32.1. The maximum absolute atomic E-state index is 12.2. The van der Waals surface area contributed by atoms with Crippen molar-refractivity contribution in [2.45, 2.75) is 13.8 Å². The van der Waals surface area contributed by atoms with Gasteiger partial charge in [-0.25, -0.2) is 4.79 Å². The number of hydrogen-bond donors (Lipinski definition) is 0. The van der Waals surface area contributed by atoms with E-state index in [4.69, 9.17) is 9.47 Å². The van der Waals surface area contributed by atoms with E-state index in [0.29, 0.717) is 5.56 Å². The van der Waals surface area contributed by atoms with Gasteiger partial charge >= 0.3 is 5.97 Å². The molecule has 0 saturated carbocycles. The predicted octanol–water partition coefficient (Wildman–Crippen LogP) is 3.32. The van der Waals surface area contributed by atoms with E-state index in [2.05, 4.69) is 0 Å². The molecule has 0 aliphatic heterocycles. The maximum atomic E-state index is 12.2. The van der Waals surface area contributed by atoms with Crippen LogP contribution in [0.15, 0.2) is 24.3 Å². The van der Waals surface area contributed by atoms with Gasteiger partial charge in [-0.2, -0.15) is 0 Å². The van der Waals surface area contributed by atoms with Crippen molar-refractivity contribution in [1.82, 2.24) is 0 Å². The molecule has 126 valence electrons. The van der Waals surface area contributed by atoms with Crippen LogP contribution in [-0.2, 0) is 4.74 Å². The lowest BCUT2D eigenvalue weighted by atomic mass is 10.1. The van der Waals surface area contributed by atoms with Crippen molar-refractivity contribution in [1.29, 1.82) is 0 Å². The Labute approximate surface area is 142 Å². The lowest BCUT2D eigenvalue weighted by Crippen LogP contribution is -2.15. The lowest BCUT2D eigenvalue weighted by Gasteiger charge is -2.08. The molecule has 0 amide bonds. The van der Waals surface area contributed by atoms with Gasteiger partial charge in [0.25, 0.3) is 5.69 Å². The van der Waals surface area contributed by atoms with Gasteiger partial charge < -0.3 is 9.47 Å². The number of esters is 1. The number of hydrogen-bond acceptors (Lipinski definition) is 7. The van der Waals surface area contributed by atoms with Crippen LogP contribution in [-0.4, -0.2) is 30.4 Å². The molecule has 1 heterocycles. The van der Waals surface area contributed by atoms with Crippen LogP contribution >= 0.6 is 11.3 Å². The number of carbonyl (C=O) groups is 2. The number of nitro benzene ring substituents is 1. The quantitative estimate of drug-likeness (QED) is 0.343. The van der Waals surface area contributed by atoms with Gasteiger partial charge in [0.15, 0.2) is 6.61 Å². The van der Waals surface area contributed by atoms with Crippen LogP contribution < -0.4 is 4.74 Å². The van der Waals surface area contributed by atoms with Crippen LogP contribution in [0.25, 0.3) is 0 Å².